The molecule has 32 heavy (non-hydrogen) atoms. The van der Waals surface area contributed by atoms with Gasteiger partial charge in [-0.15, -0.1) is 24.5 Å². The summed E-state index contributed by atoms with van der Waals surface area (Å²) in [6.45, 7) is 2.00. The molecule has 0 fully saturated rings. The number of ether oxygens (including phenoxy) is 1. The maximum Gasteiger partial charge on any atom is 0.573 e. The van der Waals surface area contributed by atoms with Gasteiger partial charge in [-0.05, 0) is 47.7 Å². The Hall–Kier alpha value is -3.59. The highest BCUT2D eigenvalue weighted by atomic mass is 32.1. The molecule has 0 spiro atoms. The molecule has 164 valence electrons. The lowest BCUT2D eigenvalue weighted by Crippen LogP contribution is -2.32. The third kappa shape index (κ3) is 4.38. The van der Waals surface area contributed by atoms with Crippen molar-refractivity contribution in [2.24, 2.45) is 0 Å². The molecule has 0 atom stereocenters. The molecule has 0 saturated carbocycles. The van der Waals surface area contributed by atoms with Crippen LogP contribution in [-0.2, 0) is 16.0 Å². The number of benzene rings is 2. The molecule has 2 heterocycles. The number of rotatable bonds is 6. The number of imide groups is 1. The van der Waals surface area contributed by atoms with Gasteiger partial charge in [0.05, 0.1) is 11.3 Å². The van der Waals surface area contributed by atoms with E-state index in [0.29, 0.717) is 10.6 Å². The number of carbonyl (C=O) groups excluding carboxylic acids is 2. The van der Waals surface area contributed by atoms with Gasteiger partial charge in [0.2, 0.25) is 0 Å². The molecular formula is C23H17F3N2O3S. The predicted octanol–water partition coefficient (Wildman–Crippen LogP) is 5.61. The minimum Gasteiger partial charge on any atom is -0.406 e. The summed E-state index contributed by atoms with van der Waals surface area (Å²) in [5, 5.41) is 4.61. The van der Waals surface area contributed by atoms with Gasteiger partial charge in [-0.3, -0.25) is 9.59 Å². The van der Waals surface area contributed by atoms with Crippen molar-refractivity contribution in [1.29, 1.82) is 0 Å². The van der Waals surface area contributed by atoms with Gasteiger partial charge >= 0.3 is 6.36 Å². The Kier molecular flexibility index (Phi) is 5.75. The number of hydrogen-bond acceptors (Lipinski definition) is 5. The Morgan fingerprint density at radius 3 is 2.38 bits per heavy atom. The number of carbonyl (C=O) groups is 2. The topological polar surface area (TPSA) is 58.6 Å². The van der Waals surface area contributed by atoms with Crippen molar-refractivity contribution in [2.45, 2.75) is 19.7 Å². The van der Waals surface area contributed by atoms with Crippen LogP contribution in [0.4, 0.5) is 24.5 Å². The summed E-state index contributed by atoms with van der Waals surface area (Å²) in [5.41, 5.74) is 1.80. The highest BCUT2D eigenvalue weighted by molar-refractivity contribution is 7.11. The summed E-state index contributed by atoms with van der Waals surface area (Å²) in [5.74, 6) is -1.54. The van der Waals surface area contributed by atoms with Crippen LogP contribution in [0.5, 0.6) is 5.75 Å². The van der Waals surface area contributed by atoms with Gasteiger partial charge < -0.3 is 10.1 Å². The van der Waals surface area contributed by atoms with Crippen LogP contribution in [0.3, 0.4) is 0 Å². The van der Waals surface area contributed by atoms with Crippen LogP contribution < -0.4 is 15.0 Å². The van der Waals surface area contributed by atoms with Gasteiger partial charge in [0.25, 0.3) is 11.8 Å². The number of anilines is 2. The molecule has 2 amide bonds. The molecule has 0 saturated heterocycles. The number of aryl methyl sites for hydroxylation is 1. The number of alkyl halides is 3. The molecule has 4 rings (SSSR count). The third-order valence-electron chi connectivity index (χ3n) is 4.79. The molecule has 9 heteroatoms. The highest BCUT2D eigenvalue weighted by Crippen LogP contribution is 2.36. The number of amides is 2. The Bertz CT molecular complexity index is 1190. The molecule has 1 aliphatic heterocycles. The zero-order chi connectivity index (χ0) is 22.9. The summed E-state index contributed by atoms with van der Waals surface area (Å²) in [6.07, 6.45) is -4.04. The highest BCUT2D eigenvalue weighted by Gasteiger charge is 2.40. The molecule has 5 nitrogen and oxygen atoms in total. The SMILES string of the molecule is CCc1ccc(N2C(=O)C(Nc3cccc(OC(F)(F)F)c3)=C(c3cccs3)C2=O)cc1. The van der Waals surface area contributed by atoms with E-state index in [2.05, 4.69) is 10.1 Å². The van der Waals surface area contributed by atoms with Crippen molar-refractivity contribution in [3.05, 3.63) is 82.2 Å². The summed E-state index contributed by atoms with van der Waals surface area (Å²) in [7, 11) is 0. The van der Waals surface area contributed by atoms with Gasteiger partial charge in [-0.2, -0.15) is 0 Å². The third-order valence-corrected chi connectivity index (χ3v) is 5.68. The average molecular weight is 458 g/mol. The molecule has 2 aromatic carbocycles. The number of nitrogens with zero attached hydrogens (tertiary/aromatic N) is 1. The lowest BCUT2D eigenvalue weighted by molar-refractivity contribution is -0.274. The van der Waals surface area contributed by atoms with Crippen LogP contribution in [0.15, 0.2) is 71.7 Å². The van der Waals surface area contributed by atoms with Gasteiger partial charge in [-0.1, -0.05) is 31.2 Å². The Morgan fingerprint density at radius 2 is 1.75 bits per heavy atom. The van der Waals surface area contributed by atoms with E-state index in [1.807, 2.05) is 19.1 Å². The largest absolute Gasteiger partial charge is 0.573 e. The smallest absolute Gasteiger partial charge is 0.406 e. The van der Waals surface area contributed by atoms with Crippen molar-refractivity contribution in [1.82, 2.24) is 0 Å². The predicted molar refractivity (Wildman–Crippen MR) is 116 cm³/mol. The zero-order valence-electron chi connectivity index (χ0n) is 16.8. The van der Waals surface area contributed by atoms with Crippen LogP contribution >= 0.6 is 11.3 Å². The standard InChI is InChI=1S/C23H17F3N2O3S/c1-2-14-8-10-16(11-9-14)28-21(29)19(18-7-4-12-32-18)20(22(28)30)27-15-5-3-6-17(13-15)31-23(24,25)26/h3-13,27H,2H2,1H3. The quantitative estimate of drug-likeness (QED) is 0.488. The van der Waals surface area contributed by atoms with E-state index in [1.54, 1.807) is 29.6 Å². The molecule has 0 bridgehead atoms. The average Bonchev–Trinajstić information content (AvgIpc) is 3.34. The second-order valence-electron chi connectivity index (χ2n) is 6.89. The van der Waals surface area contributed by atoms with Crippen molar-refractivity contribution >= 4 is 40.1 Å². The van der Waals surface area contributed by atoms with Crippen LogP contribution in [0.25, 0.3) is 5.57 Å². The van der Waals surface area contributed by atoms with E-state index in [4.69, 9.17) is 0 Å². The van der Waals surface area contributed by atoms with Crippen LogP contribution in [0, 0.1) is 0 Å². The Balaban J connectivity index is 1.71. The fraction of sp³-hybridized carbons (Fsp3) is 0.130. The summed E-state index contributed by atoms with van der Waals surface area (Å²) in [4.78, 5) is 28.2. The van der Waals surface area contributed by atoms with Gasteiger partial charge in [-0.25, -0.2) is 4.90 Å². The lowest BCUT2D eigenvalue weighted by atomic mass is 10.1. The first-order valence-electron chi connectivity index (χ1n) is 9.65. The maximum absolute atomic E-state index is 13.3. The summed E-state index contributed by atoms with van der Waals surface area (Å²) in [6, 6.07) is 15.6. The van der Waals surface area contributed by atoms with E-state index >= 15 is 0 Å². The van der Waals surface area contributed by atoms with Gasteiger partial charge in [0, 0.05) is 16.6 Å². The lowest BCUT2D eigenvalue weighted by Gasteiger charge is -2.16. The van der Waals surface area contributed by atoms with Crippen molar-refractivity contribution < 1.29 is 27.5 Å². The molecular weight excluding hydrogens is 441 g/mol. The maximum atomic E-state index is 13.3. The number of halogens is 3. The number of thiophene rings is 1. The minimum absolute atomic E-state index is 0.0128. The van der Waals surface area contributed by atoms with E-state index in [0.717, 1.165) is 29.0 Å². The zero-order valence-corrected chi connectivity index (χ0v) is 17.6. The molecule has 0 unspecified atom stereocenters. The molecule has 0 aliphatic carbocycles. The summed E-state index contributed by atoms with van der Waals surface area (Å²) < 4.78 is 41.7. The van der Waals surface area contributed by atoms with E-state index in [9.17, 15) is 22.8 Å². The second-order valence-corrected chi connectivity index (χ2v) is 7.84. The number of hydrogen-bond donors (Lipinski definition) is 1. The van der Waals surface area contributed by atoms with Crippen LogP contribution in [0.2, 0.25) is 0 Å². The monoisotopic (exact) mass is 458 g/mol. The molecule has 1 N–H and O–H groups in total. The Morgan fingerprint density at radius 1 is 1.00 bits per heavy atom. The molecule has 1 aliphatic rings. The fourth-order valence-corrected chi connectivity index (χ4v) is 4.09. The minimum atomic E-state index is -4.85. The summed E-state index contributed by atoms with van der Waals surface area (Å²) >= 11 is 1.28. The first-order valence-corrected chi connectivity index (χ1v) is 10.5. The van der Waals surface area contributed by atoms with Crippen LogP contribution in [-0.4, -0.2) is 18.2 Å². The van der Waals surface area contributed by atoms with E-state index < -0.39 is 23.9 Å². The van der Waals surface area contributed by atoms with Crippen molar-refractivity contribution in [3.8, 4) is 5.75 Å². The molecule has 3 aromatic rings. The first kappa shape index (κ1) is 21.6. The van der Waals surface area contributed by atoms with E-state index in [-0.39, 0.29) is 17.0 Å². The van der Waals surface area contributed by atoms with Crippen LogP contribution in [0.1, 0.15) is 17.4 Å². The van der Waals surface area contributed by atoms with Crippen molar-refractivity contribution in [3.63, 3.8) is 0 Å². The van der Waals surface area contributed by atoms with Crippen molar-refractivity contribution in [2.75, 3.05) is 10.2 Å². The normalized spacial score (nSPS) is 14.3. The number of nitrogens with one attached hydrogen (secondary N) is 1. The van der Waals surface area contributed by atoms with Gasteiger partial charge in [0.15, 0.2) is 0 Å². The fourth-order valence-electron chi connectivity index (χ4n) is 3.33. The Labute approximate surface area is 185 Å². The first-order chi connectivity index (χ1) is 15.3. The molecule has 0 radical (unpaired) electrons. The van der Waals surface area contributed by atoms with Gasteiger partial charge in [0.1, 0.15) is 11.4 Å². The van der Waals surface area contributed by atoms with E-state index in [1.165, 1.54) is 23.5 Å². The second kappa shape index (κ2) is 8.51. The molecule has 1 aromatic heterocycles.